The van der Waals surface area contributed by atoms with Crippen LogP contribution in [0.1, 0.15) is 6.92 Å². The molecule has 0 aromatic carbocycles. The van der Waals surface area contributed by atoms with Gasteiger partial charge in [0.2, 0.25) is 17.8 Å². The molecule has 0 bridgehead atoms. The highest BCUT2D eigenvalue weighted by Crippen LogP contribution is 2.04. The average molecular weight is 205 g/mol. The van der Waals surface area contributed by atoms with Gasteiger partial charge < -0.3 is 0 Å². The van der Waals surface area contributed by atoms with Crippen molar-refractivity contribution < 1.29 is 4.79 Å². The smallest absolute Gasteiger partial charge is 0.229 e. The van der Waals surface area contributed by atoms with Gasteiger partial charge in [-0.1, -0.05) is 0 Å². The van der Waals surface area contributed by atoms with Crippen molar-refractivity contribution in [3.05, 3.63) is 18.5 Å². The number of nitrogens with one attached hydrogen (secondary N) is 1. The van der Waals surface area contributed by atoms with Gasteiger partial charge in [-0.25, -0.2) is 9.97 Å². The van der Waals surface area contributed by atoms with Crippen LogP contribution in [-0.2, 0) is 4.79 Å². The van der Waals surface area contributed by atoms with Gasteiger partial charge in [-0.15, -0.1) is 0 Å². The monoisotopic (exact) mass is 205 g/mol. The Morgan fingerprint density at radius 3 is 2.87 bits per heavy atom. The number of aromatic nitrogens is 2. The summed E-state index contributed by atoms with van der Waals surface area (Å²) in [7, 11) is 0. The molecule has 0 radical (unpaired) electrons. The van der Waals surface area contributed by atoms with Gasteiger partial charge >= 0.3 is 0 Å². The summed E-state index contributed by atoms with van der Waals surface area (Å²) in [6, 6.07) is 1.73. The van der Waals surface area contributed by atoms with Crippen LogP contribution in [-0.4, -0.2) is 39.8 Å². The molecule has 2 rings (SSSR count). The van der Waals surface area contributed by atoms with Crippen molar-refractivity contribution in [2.24, 2.45) is 4.99 Å². The van der Waals surface area contributed by atoms with E-state index < -0.39 is 0 Å². The van der Waals surface area contributed by atoms with Gasteiger partial charge in [0.05, 0.1) is 6.54 Å². The Hall–Kier alpha value is -1.98. The van der Waals surface area contributed by atoms with Crippen LogP contribution in [0.4, 0.5) is 5.95 Å². The van der Waals surface area contributed by atoms with Gasteiger partial charge in [-0.3, -0.25) is 20.0 Å². The van der Waals surface area contributed by atoms with Crippen molar-refractivity contribution in [2.45, 2.75) is 6.92 Å². The van der Waals surface area contributed by atoms with E-state index in [0.29, 0.717) is 25.0 Å². The lowest BCUT2D eigenvalue weighted by molar-refractivity contribution is -0.124. The zero-order chi connectivity index (χ0) is 10.7. The lowest BCUT2D eigenvalue weighted by Crippen LogP contribution is -2.37. The molecule has 0 saturated heterocycles. The fraction of sp³-hybridized carbons (Fsp3) is 0.333. The van der Waals surface area contributed by atoms with E-state index in [1.54, 1.807) is 23.4 Å². The van der Waals surface area contributed by atoms with Crippen LogP contribution in [0, 0.1) is 0 Å². The second kappa shape index (κ2) is 4.04. The summed E-state index contributed by atoms with van der Waals surface area (Å²) in [5, 5.41) is 2.91. The lowest BCUT2D eigenvalue weighted by Gasteiger charge is -2.15. The topological polar surface area (TPSA) is 70.5 Å². The molecule has 1 N–H and O–H groups in total. The van der Waals surface area contributed by atoms with E-state index >= 15 is 0 Å². The first-order valence-corrected chi connectivity index (χ1v) is 4.64. The van der Waals surface area contributed by atoms with Gasteiger partial charge in [0.25, 0.3) is 0 Å². The maximum Gasteiger partial charge on any atom is 0.229 e. The first-order chi connectivity index (χ1) is 7.27. The number of anilines is 1. The molecule has 6 heteroatoms. The van der Waals surface area contributed by atoms with Crippen molar-refractivity contribution in [3.63, 3.8) is 0 Å². The SMILES string of the molecule is CC(=O)N1CCN=C1Nc1ncccn1. The molecular formula is C9H11N5O. The van der Waals surface area contributed by atoms with Gasteiger partial charge in [0, 0.05) is 25.9 Å². The van der Waals surface area contributed by atoms with Crippen LogP contribution in [0.5, 0.6) is 0 Å². The van der Waals surface area contributed by atoms with Gasteiger partial charge in [-0.05, 0) is 6.07 Å². The number of guanidine groups is 1. The van der Waals surface area contributed by atoms with Gasteiger partial charge in [0.15, 0.2) is 0 Å². The minimum atomic E-state index is -0.0327. The van der Waals surface area contributed by atoms with E-state index in [4.69, 9.17) is 0 Å². The lowest BCUT2D eigenvalue weighted by atomic mass is 10.5. The molecule has 0 fully saturated rings. The zero-order valence-electron chi connectivity index (χ0n) is 8.34. The van der Waals surface area contributed by atoms with Crippen LogP contribution >= 0.6 is 0 Å². The summed E-state index contributed by atoms with van der Waals surface area (Å²) >= 11 is 0. The third-order valence-electron chi connectivity index (χ3n) is 2.01. The Morgan fingerprint density at radius 1 is 1.47 bits per heavy atom. The molecule has 15 heavy (non-hydrogen) atoms. The summed E-state index contributed by atoms with van der Waals surface area (Å²) in [4.78, 5) is 24.9. The Labute approximate surface area is 87.1 Å². The fourth-order valence-electron chi connectivity index (χ4n) is 1.32. The molecule has 6 nitrogen and oxygen atoms in total. The molecule has 1 aromatic heterocycles. The first kappa shape index (κ1) is 9.57. The Kier molecular flexibility index (Phi) is 2.57. The van der Waals surface area contributed by atoms with Crippen LogP contribution in [0.3, 0.4) is 0 Å². The van der Waals surface area contributed by atoms with Crippen molar-refractivity contribution in [1.29, 1.82) is 0 Å². The molecule has 0 saturated carbocycles. The van der Waals surface area contributed by atoms with E-state index in [1.165, 1.54) is 6.92 Å². The summed E-state index contributed by atoms with van der Waals surface area (Å²) in [6.07, 6.45) is 3.26. The minimum absolute atomic E-state index is 0.0327. The van der Waals surface area contributed by atoms with Crippen LogP contribution in [0.15, 0.2) is 23.5 Å². The number of carbonyl (C=O) groups is 1. The van der Waals surface area contributed by atoms with Crippen LogP contribution in [0.2, 0.25) is 0 Å². The quantitative estimate of drug-likeness (QED) is 0.706. The summed E-state index contributed by atoms with van der Waals surface area (Å²) in [5.41, 5.74) is 0. The number of carbonyl (C=O) groups excluding carboxylic acids is 1. The van der Waals surface area contributed by atoms with E-state index in [-0.39, 0.29) is 5.91 Å². The van der Waals surface area contributed by atoms with Crippen LogP contribution < -0.4 is 5.32 Å². The normalized spacial score (nSPS) is 15.0. The molecule has 1 aromatic rings. The molecular weight excluding hydrogens is 194 g/mol. The molecule has 78 valence electrons. The predicted octanol–water partition coefficient (Wildman–Crippen LogP) is 0.107. The number of aliphatic imine (C=N–C) groups is 1. The van der Waals surface area contributed by atoms with Gasteiger partial charge in [-0.2, -0.15) is 0 Å². The van der Waals surface area contributed by atoms with E-state index in [1.807, 2.05) is 0 Å². The Balaban J connectivity index is 2.09. The number of amides is 1. The summed E-state index contributed by atoms with van der Waals surface area (Å²) in [6.45, 7) is 2.74. The van der Waals surface area contributed by atoms with Crippen molar-refractivity contribution >= 4 is 17.8 Å². The molecule has 2 heterocycles. The predicted molar refractivity (Wildman–Crippen MR) is 55.3 cm³/mol. The van der Waals surface area contributed by atoms with Crippen LogP contribution in [0.25, 0.3) is 0 Å². The summed E-state index contributed by atoms with van der Waals surface area (Å²) in [5.74, 6) is 0.938. The highest BCUT2D eigenvalue weighted by molar-refractivity contribution is 6.03. The third kappa shape index (κ3) is 2.09. The number of nitrogens with zero attached hydrogens (tertiary/aromatic N) is 4. The third-order valence-corrected chi connectivity index (χ3v) is 2.01. The van der Waals surface area contributed by atoms with Crippen molar-refractivity contribution in [1.82, 2.24) is 14.9 Å². The maximum absolute atomic E-state index is 11.2. The molecule has 0 spiro atoms. The Bertz CT molecular complexity index is 389. The largest absolute Gasteiger partial charge is 0.294 e. The molecule has 1 aliphatic rings. The molecule has 0 aliphatic carbocycles. The number of rotatable bonds is 1. The first-order valence-electron chi connectivity index (χ1n) is 4.64. The second-order valence-electron chi connectivity index (χ2n) is 3.07. The highest BCUT2D eigenvalue weighted by Gasteiger charge is 2.20. The summed E-state index contributed by atoms with van der Waals surface area (Å²) < 4.78 is 0. The second-order valence-corrected chi connectivity index (χ2v) is 3.07. The maximum atomic E-state index is 11.2. The Morgan fingerprint density at radius 2 is 2.20 bits per heavy atom. The van der Waals surface area contributed by atoms with Crippen molar-refractivity contribution in [2.75, 3.05) is 18.4 Å². The molecule has 0 unspecified atom stereocenters. The van der Waals surface area contributed by atoms with Gasteiger partial charge in [0.1, 0.15) is 0 Å². The number of hydrogen-bond acceptors (Lipinski definition) is 5. The molecule has 0 atom stereocenters. The molecule has 1 aliphatic heterocycles. The minimum Gasteiger partial charge on any atom is -0.294 e. The molecule has 1 amide bonds. The van der Waals surface area contributed by atoms with E-state index in [0.717, 1.165) is 0 Å². The fourth-order valence-corrected chi connectivity index (χ4v) is 1.32. The highest BCUT2D eigenvalue weighted by atomic mass is 16.2. The van der Waals surface area contributed by atoms with E-state index in [9.17, 15) is 4.79 Å². The standard InChI is InChI=1S/C9H11N5O/c1-7(15)14-6-5-12-9(14)13-8-10-3-2-4-11-8/h2-4H,5-6H2,1H3,(H,10,11,12,13). The average Bonchev–Trinajstić information content (AvgIpc) is 2.67. The zero-order valence-corrected chi connectivity index (χ0v) is 8.34. The van der Waals surface area contributed by atoms with Crippen molar-refractivity contribution in [3.8, 4) is 0 Å². The number of hydrogen-bond donors (Lipinski definition) is 1. The van der Waals surface area contributed by atoms with E-state index in [2.05, 4.69) is 20.3 Å².